The number of rotatable bonds is 8. The van der Waals surface area contributed by atoms with Crippen molar-refractivity contribution in [2.24, 2.45) is 0 Å². The van der Waals surface area contributed by atoms with Crippen molar-refractivity contribution in [2.75, 3.05) is 20.3 Å². The summed E-state index contributed by atoms with van der Waals surface area (Å²) in [5.41, 5.74) is 0. The zero-order valence-electron chi connectivity index (χ0n) is 21.4. The van der Waals surface area contributed by atoms with Gasteiger partial charge in [0.25, 0.3) is 0 Å². The van der Waals surface area contributed by atoms with E-state index >= 15 is 0 Å². The molecule has 2 aliphatic heterocycles. The van der Waals surface area contributed by atoms with Crippen LogP contribution in [0, 0.1) is 0 Å². The minimum Gasteiger partial charge on any atom is -0.790 e. The molecule has 0 bridgehead atoms. The van der Waals surface area contributed by atoms with E-state index in [2.05, 4.69) is 4.52 Å². The van der Waals surface area contributed by atoms with Crippen molar-refractivity contribution in [2.45, 2.75) is 55.3 Å². The molecule has 2 aliphatic rings. The summed E-state index contributed by atoms with van der Waals surface area (Å²) in [4.78, 5) is 21.5. The average molecular weight is 592 g/mol. The zero-order chi connectivity index (χ0) is 26.9. The first-order valence-electron chi connectivity index (χ1n) is 11.2. The van der Waals surface area contributed by atoms with Crippen molar-refractivity contribution in [1.82, 2.24) is 0 Å². The van der Waals surface area contributed by atoms with Crippen LogP contribution in [0.1, 0.15) is 0 Å². The van der Waals surface area contributed by atoms with Gasteiger partial charge in [-0.05, 0) is 35.0 Å². The molecular weight excluding hydrogens is 565 g/mol. The number of phosphoric acid groups is 1. The molecule has 2 aromatic carbocycles. The van der Waals surface area contributed by atoms with Gasteiger partial charge < -0.3 is 68.1 Å². The smallest absolute Gasteiger partial charge is 0.790 e. The van der Waals surface area contributed by atoms with E-state index in [-0.39, 0.29) is 65.7 Å². The molecule has 2 aromatic rings. The maximum Gasteiger partial charge on any atom is 1.00 e. The molecule has 0 radical (unpaired) electrons. The van der Waals surface area contributed by atoms with Crippen LogP contribution in [-0.2, 0) is 23.3 Å². The van der Waals surface area contributed by atoms with Gasteiger partial charge in [0.15, 0.2) is 6.29 Å². The molecule has 4 rings (SSSR count). The monoisotopic (exact) mass is 592 g/mol. The van der Waals surface area contributed by atoms with Crippen LogP contribution in [0.3, 0.4) is 0 Å². The molecule has 2 heterocycles. The number of methoxy groups -OCH3 is 1. The number of benzene rings is 2. The van der Waals surface area contributed by atoms with Gasteiger partial charge in [0, 0.05) is 0 Å². The Bertz CT molecular complexity index is 1120. The molecule has 39 heavy (non-hydrogen) atoms. The Labute approximate surface area is 267 Å². The zero-order valence-corrected chi connectivity index (χ0v) is 26.3. The first-order chi connectivity index (χ1) is 17.5. The molecule has 0 spiro atoms. The van der Waals surface area contributed by atoms with Gasteiger partial charge in [-0.1, -0.05) is 12.1 Å². The molecule has 17 heteroatoms. The second-order valence-corrected chi connectivity index (χ2v) is 9.76. The van der Waals surface area contributed by atoms with Crippen molar-refractivity contribution in [3.05, 3.63) is 36.4 Å². The third-order valence-electron chi connectivity index (χ3n) is 6.08. The minimum atomic E-state index is -5.41. The van der Waals surface area contributed by atoms with E-state index < -0.39 is 69.7 Å². The van der Waals surface area contributed by atoms with E-state index in [4.69, 9.17) is 23.7 Å². The van der Waals surface area contributed by atoms with Gasteiger partial charge in [0.05, 0.1) is 28.1 Å². The van der Waals surface area contributed by atoms with Crippen molar-refractivity contribution >= 4 is 18.6 Å². The van der Waals surface area contributed by atoms with Gasteiger partial charge in [-0.15, -0.1) is 0 Å². The molecule has 0 unspecified atom stereocenters. The van der Waals surface area contributed by atoms with Crippen LogP contribution in [0.25, 0.3) is 10.8 Å². The third kappa shape index (κ3) is 8.80. The van der Waals surface area contributed by atoms with Crippen LogP contribution in [0.4, 0.5) is 0 Å². The van der Waals surface area contributed by atoms with Crippen LogP contribution in [0.2, 0.25) is 0 Å². The largest absolute Gasteiger partial charge is 1.00 e. The van der Waals surface area contributed by atoms with Crippen LogP contribution >= 0.6 is 7.82 Å². The summed E-state index contributed by atoms with van der Waals surface area (Å²) in [6, 6.07) is 10.6. The van der Waals surface area contributed by atoms with Crippen LogP contribution in [0.5, 0.6) is 11.5 Å². The van der Waals surface area contributed by atoms with Crippen molar-refractivity contribution in [3.63, 3.8) is 0 Å². The molecule has 0 saturated carbocycles. The SMILES string of the molecule is COc1ccc2ccc(O[C@@H]3OC[C@@H](O[C@@H]4O[C@H](COP(=O)([O-])[O-])[C@H](O)[C@H](O)[C@H]4O)[C@H](O)[C@H]3O)cc2c1.[Na+].[Na+]. The molecule has 206 valence electrons. The number of aliphatic hydroxyl groups is 5. The van der Waals surface area contributed by atoms with Crippen molar-refractivity contribution in [1.29, 1.82) is 0 Å². The van der Waals surface area contributed by atoms with Gasteiger partial charge >= 0.3 is 59.1 Å². The van der Waals surface area contributed by atoms with Crippen LogP contribution in [-0.4, -0.2) is 101 Å². The van der Waals surface area contributed by atoms with Gasteiger partial charge in [-0.2, -0.15) is 0 Å². The molecule has 0 amide bonds. The summed E-state index contributed by atoms with van der Waals surface area (Å²) in [7, 11) is -3.87. The Morgan fingerprint density at radius 1 is 0.872 bits per heavy atom. The molecule has 0 aromatic heterocycles. The maximum absolute atomic E-state index is 10.7. The van der Waals surface area contributed by atoms with E-state index in [1.807, 2.05) is 6.07 Å². The number of fused-ring (bicyclic) bond motifs is 1. The Morgan fingerprint density at radius 3 is 2.13 bits per heavy atom. The summed E-state index contributed by atoms with van der Waals surface area (Å²) in [6.45, 7) is -1.29. The predicted molar refractivity (Wildman–Crippen MR) is 118 cm³/mol. The van der Waals surface area contributed by atoms with Gasteiger partial charge in [-0.25, -0.2) is 0 Å². The number of hydrogen-bond acceptors (Lipinski definition) is 14. The number of aliphatic hydroxyl groups excluding tert-OH is 5. The Hall–Kier alpha value is 0.0900. The van der Waals surface area contributed by atoms with E-state index in [1.165, 1.54) is 0 Å². The van der Waals surface area contributed by atoms with Crippen molar-refractivity contribution < 1.29 is 127 Å². The molecule has 2 saturated heterocycles. The third-order valence-corrected chi connectivity index (χ3v) is 6.55. The van der Waals surface area contributed by atoms with Gasteiger partial charge in [-0.3, -0.25) is 0 Å². The first kappa shape index (κ1) is 35.3. The molecule has 14 nitrogen and oxygen atoms in total. The summed E-state index contributed by atoms with van der Waals surface area (Å²) < 4.78 is 42.0. The fraction of sp³-hybridized carbons (Fsp3) is 0.545. The quantitative estimate of drug-likeness (QED) is 0.142. The molecule has 5 N–H and O–H groups in total. The summed E-state index contributed by atoms with van der Waals surface area (Å²) >= 11 is 0. The fourth-order valence-corrected chi connectivity index (χ4v) is 4.36. The predicted octanol–water partition coefficient (Wildman–Crippen LogP) is -8.65. The normalized spacial score (nSPS) is 33.1. The van der Waals surface area contributed by atoms with Gasteiger partial charge in [0.2, 0.25) is 6.29 Å². The summed E-state index contributed by atoms with van der Waals surface area (Å²) in [6.07, 6.45) is -14.5. The maximum atomic E-state index is 10.7. The second-order valence-electron chi connectivity index (χ2n) is 8.61. The Morgan fingerprint density at radius 2 is 1.49 bits per heavy atom. The standard InChI is InChI=1S/C22H29O14P.2Na/c1-31-12-4-2-10-3-5-13(7-11(10)6-12)34-21-19(26)17(24)14(8-32-21)35-22-20(27)18(25)16(23)15(36-22)9-33-37(28,29)30;;/h2-7,14-27H,8-9H2,1H3,(H2,28,29,30);;/q;2*+1/p-2/t14-,15-,16+,17+,18+,19-,20-,21+,22-;;/m1../s1. The van der Waals surface area contributed by atoms with E-state index in [0.717, 1.165) is 10.8 Å². The average Bonchev–Trinajstić information content (AvgIpc) is 2.86. The fourth-order valence-electron chi connectivity index (χ4n) is 4.03. The van der Waals surface area contributed by atoms with Crippen molar-refractivity contribution in [3.8, 4) is 11.5 Å². The Kier molecular flexibility index (Phi) is 13.6. The summed E-state index contributed by atoms with van der Waals surface area (Å²) in [5.74, 6) is 0.985. The minimum absolute atomic E-state index is 0. The van der Waals surface area contributed by atoms with Crippen LogP contribution in [0.15, 0.2) is 36.4 Å². The number of phosphoric ester groups is 1. The first-order valence-corrected chi connectivity index (χ1v) is 12.7. The van der Waals surface area contributed by atoms with E-state index in [9.17, 15) is 39.9 Å². The molecule has 0 aliphatic carbocycles. The Balaban J connectivity index is 0.00000267. The number of ether oxygens (including phenoxy) is 5. The molecular formula is C22H27Na2O14P. The van der Waals surface area contributed by atoms with Gasteiger partial charge in [0.1, 0.15) is 54.2 Å². The topological polar surface area (TPSA) is 220 Å². The number of hydrogen-bond donors (Lipinski definition) is 5. The van der Waals surface area contributed by atoms with Crippen LogP contribution < -0.4 is 78.4 Å². The van der Waals surface area contributed by atoms with E-state index in [0.29, 0.717) is 11.5 Å². The second kappa shape index (κ2) is 15.0. The van der Waals surface area contributed by atoms with E-state index in [1.54, 1.807) is 37.4 Å². The summed E-state index contributed by atoms with van der Waals surface area (Å²) in [5, 5.41) is 53.1. The molecule has 9 atom stereocenters. The molecule has 2 fully saturated rings.